The molecule has 0 bridgehead atoms. The molecule has 2 saturated carbocycles. The van der Waals surface area contributed by atoms with E-state index in [1.54, 1.807) is 0 Å². The van der Waals surface area contributed by atoms with Gasteiger partial charge in [0.15, 0.2) is 0 Å². The Bertz CT molecular complexity index is 384. The van der Waals surface area contributed by atoms with Gasteiger partial charge in [-0.1, -0.05) is 25.7 Å². The molecular weight excluding hydrogens is 238 g/mol. The van der Waals surface area contributed by atoms with Gasteiger partial charge in [-0.15, -0.1) is 11.3 Å². The smallest absolute Gasteiger partial charge is 0.0302 e. The Balaban J connectivity index is 1.49. The summed E-state index contributed by atoms with van der Waals surface area (Å²) in [7, 11) is 0. The maximum Gasteiger partial charge on any atom is 0.0302 e. The zero-order valence-electron chi connectivity index (χ0n) is 11.5. The van der Waals surface area contributed by atoms with Crippen LogP contribution >= 0.6 is 11.3 Å². The van der Waals surface area contributed by atoms with Crippen molar-refractivity contribution in [1.29, 1.82) is 0 Å². The molecule has 3 rings (SSSR count). The summed E-state index contributed by atoms with van der Waals surface area (Å²) in [5.74, 6) is 2.11. The third-order valence-corrected chi connectivity index (χ3v) is 5.90. The topological polar surface area (TPSA) is 12.0 Å². The molecule has 0 radical (unpaired) electrons. The van der Waals surface area contributed by atoms with Crippen molar-refractivity contribution in [2.24, 2.45) is 11.8 Å². The van der Waals surface area contributed by atoms with E-state index in [0.29, 0.717) is 0 Å². The predicted molar refractivity (Wildman–Crippen MR) is 79.0 cm³/mol. The average Bonchev–Trinajstić information content (AvgIpc) is 2.82. The first-order valence-electron chi connectivity index (χ1n) is 7.60. The molecule has 2 aliphatic carbocycles. The number of rotatable bonds is 3. The summed E-state index contributed by atoms with van der Waals surface area (Å²) in [5, 5.41) is 3.79. The molecule has 2 aliphatic rings. The molecule has 0 saturated heterocycles. The van der Waals surface area contributed by atoms with E-state index in [9.17, 15) is 0 Å². The Labute approximate surface area is 115 Å². The zero-order chi connectivity index (χ0) is 12.4. The van der Waals surface area contributed by atoms with Gasteiger partial charge in [-0.2, -0.15) is 0 Å². The third-order valence-electron chi connectivity index (χ3n) is 4.90. The highest BCUT2D eigenvalue weighted by Crippen LogP contribution is 2.40. The summed E-state index contributed by atoms with van der Waals surface area (Å²) in [5.41, 5.74) is 0. The molecule has 1 N–H and O–H groups in total. The second-order valence-electron chi connectivity index (χ2n) is 6.21. The quantitative estimate of drug-likeness (QED) is 0.846. The van der Waals surface area contributed by atoms with Gasteiger partial charge < -0.3 is 5.32 Å². The average molecular weight is 263 g/mol. The van der Waals surface area contributed by atoms with Crippen molar-refractivity contribution in [3.63, 3.8) is 0 Å². The van der Waals surface area contributed by atoms with Crippen LogP contribution in [-0.4, -0.2) is 6.04 Å². The van der Waals surface area contributed by atoms with Crippen LogP contribution in [0.15, 0.2) is 12.1 Å². The van der Waals surface area contributed by atoms with Gasteiger partial charge in [0, 0.05) is 22.3 Å². The maximum absolute atomic E-state index is 3.79. The highest BCUT2D eigenvalue weighted by atomic mass is 32.1. The van der Waals surface area contributed by atoms with E-state index in [1.165, 1.54) is 54.7 Å². The lowest BCUT2D eigenvalue weighted by atomic mass is 9.69. The van der Waals surface area contributed by atoms with Crippen molar-refractivity contribution in [1.82, 2.24) is 5.32 Å². The second kappa shape index (κ2) is 5.75. The lowest BCUT2D eigenvalue weighted by Crippen LogP contribution is -2.38. The number of hydrogen-bond donors (Lipinski definition) is 1. The molecule has 18 heavy (non-hydrogen) atoms. The molecule has 1 aromatic rings. The van der Waals surface area contributed by atoms with Gasteiger partial charge in [-0.25, -0.2) is 0 Å². The Morgan fingerprint density at radius 1 is 1.11 bits per heavy atom. The van der Waals surface area contributed by atoms with Crippen LogP contribution in [0.1, 0.15) is 54.7 Å². The van der Waals surface area contributed by atoms with Gasteiger partial charge in [0.2, 0.25) is 0 Å². The van der Waals surface area contributed by atoms with Crippen LogP contribution in [0.25, 0.3) is 0 Å². The van der Waals surface area contributed by atoms with Crippen LogP contribution in [-0.2, 0) is 6.54 Å². The van der Waals surface area contributed by atoms with Crippen molar-refractivity contribution in [2.45, 2.75) is 64.5 Å². The molecule has 100 valence electrons. The Morgan fingerprint density at radius 3 is 2.72 bits per heavy atom. The summed E-state index contributed by atoms with van der Waals surface area (Å²) in [4.78, 5) is 2.93. The lowest BCUT2D eigenvalue weighted by Gasteiger charge is -2.39. The predicted octanol–water partition coefficient (Wildman–Crippen LogP) is 4.51. The minimum atomic E-state index is 0.784. The number of aryl methyl sites for hydroxylation is 1. The normalized spacial score (nSPS) is 32.2. The van der Waals surface area contributed by atoms with Crippen LogP contribution in [0, 0.1) is 18.8 Å². The Kier molecular flexibility index (Phi) is 4.05. The molecule has 2 fully saturated rings. The molecule has 1 nitrogen and oxygen atoms in total. The van der Waals surface area contributed by atoms with Crippen molar-refractivity contribution >= 4 is 11.3 Å². The van der Waals surface area contributed by atoms with Gasteiger partial charge in [0.25, 0.3) is 0 Å². The van der Waals surface area contributed by atoms with Crippen LogP contribution in [0.2, 0.25) is 0 Å². The van der Waals surface area contributed by atoms with E-state index >= 15 is 0 Å². The zero-order valence-corrected chi connectivity index (χ0v) is 12.3. The second-order valence-corrected chi connectivity index (χ2v) is 7.58. The van der Waals surface area contributed by atoms with Gasteiger partial charge in [0.1, 0.15) is 0 Å². The summed E-state index contributed by atoms with van der Waals surface area (Å²) in [6.45, 7) is 3.28. The first-order valence-corrected chi connectivity index (χ1v) is 8.41. The fraction of sp³-hybridized carbons (Fsp3) is 0.750. The van der Waals surface area contributed by atoms with E-state index in [2.05, 4.69) is 24.4 Å². The molecule has 2 heteroatoms. The van der Waals surface area contributed by atoms with Crippen LogP contribution in [0.5, 0.6) is 0 Å². The monoisotopic (exact) mass is 263 g/mol. The van der Waals surface area contributed by atoms with E-state index in [0.717, 1.165) is 24.4 Å². The summed E-state index contributed by atoms with van der Waals surface area (Å²) >= 11 is 1.94. The number of fused-ring (bicyclic) bond motifs is 1. The Morgan fingerprint density at radius 2 is 1.94 bits per heavy atom. The number of hydrogen-bond acceptors (Lipinski definition) is 2. The fourth-order valence-electron chi connectivity index (χ4n) is 3.88. The summed E-state index contributed by atoms with van der Waals surface area (Å²) < 4.78 is 0. The summed E-state index contributed by atoms with van der Waals surface area (Å²) in [6, 6.07) is 5.30. The minimum Gasteiger partial charge on any atom is -0.309 e. The van der Waals surface area contributed by atoms with Crippen LogP contribution in [0.3, 0.4) is 0 Å². The third kappa shape index (κ3) is 2.97. The van der Waals surface area contributed by atoms with E-state index < -0.39 is 0 Å². The molecule has 0 aromatic carbocycles. The minimum absolute atomic E-state index is 0.784. The molecule has 0 amide bonds. The largest absolute Gasteiger partial charge is 0.309 e. The molecule has 1 heterocycles. The highest BCUT2D eigenvalue weighted by Gasteiger charge is 2.31. The lowest BCUT2D eigenvalue weighted by molar-refractivity contribution is 0.143. The number of thiophene rings is 1. The van der Waals surface area contributed by atoms with Gasteiger partial charge >= 0.3 is 0 Å². The first-order chi connectivity index (χ1) is 8.81. The standard InChI is InChI=1S/C16H25NS/c1-12-6-9-16(18-12)11-17-15-8-7-13-4-2-3-5-14(13)10-15/h6,9,13-15,17H,2-5,7-8,10-11H2,1H3. The molecule has 3 atom stereocenters. The van der Waals surface area contributed by atoms with E-state index in [-0.39, 0.29) is 0 Å². The number of nitrogens with one attached hydrogen (secondary N) is 1. The molecule has 0 spiro atoms. The van der Waals surface area contributed by atoms with Crippen LogP contribution < -0.4 is 5.32 Å². The SMILES string of the molecule is Cc1ccc(CNC2CCC3CCCCC3C2)s1. The Hall–Kier alpha value is -0.340. The fourth-order valence-corrected chi connectivity index (χ4v) is 4.73. The van der Waals surface area contributed by atoms with E-state index in [1.807, 2.05) is 11.3 Å². The van der Waals surface area contributed by atoms with Gasteiger partial charge in [-0.05, 0) is 50.2 Å². The van der Waals surface area contributed by atoms with Crippen molar-refractivity contribution in [2.75, 3.05) is 0 Å². The molecule has 1 aromatic heterocycles. The molecule has 3 unspecified atom stereocenters. The highest BCUT2D eigenvalue weighted by molar-refractivity contribution is 7.11. The van der Waals surface area contributed by atoms with E-state index in [4.69, 9.17) is 0 Å². The van der Waals surface area contributed by atoms with Crippen molar-refractivity contribution in [3.8, 4) is 0 Å². The van der Waals surface area contributed by atoms with Crippen molar-refractivity contribution < 1.29 is 0 Å². The van der Waals surface area contributed by atoms with Gasteiger partial charge in [0.05, 0.1) is 0 Å². The van der Waals surface area contributed by atoms with Crippen molar-refractivity contribution in [3.05, 3.63) is 21.9 Å². The van der Waals surface area contributed by atoms with Gasteiger partial charge in [-0.3, -0.25) is 0 Å². The molecular formula is C16H25NS. The maximum atomic E-state index is 3.79. The first kappa shape index (κ1) is 12.7. The summed E-state index contributed by atoms with van der Waals surface area (Å²) in [6.07, 6.45) is 10.3. The molecule has 0 aliphatic heterocycles. The van der Waals surface area contributed by atoms with Crippen LogP contribution in [0.4, 0.5) is 0 Å².